The van der Waals surface area contributed by atoms with E-state index in [1.165, 1.54) is 32.1 Å². The first kappa shape index (κ1) is 12.5. The van der Waals surface area contributed by atoms with Crippen LogP contribution in [0, 0.1) is 5.92 Å². The Bertz CT molecular complexity index is 191. The third-order valence-corrected chi connectivity index (χ3v) is 3.12. The van der Waals surface area contributed by atoms with E-state index < -0.39 is 12.0 Å². The van der Waals surface area contributed by atoms with Crippen molar-refractivity contribution in [3.63, 3.8) is 0 Å². The molecule has 4 nitrogen and oxygen atoms in total. The van der Waals surface area contributed by atoms with Gasteiger partial charge in [-0.2, -0.15) is 0 Å². The first-order chi connectivity index (χ1) is 7.20. The molecule has 1 atom stereocenters. The predicted octanol–water partition coefficient (Wildman–Crippen LogP) is 0.393. The zero-order chi connectivity index (χ0) is 11.1. The molecule has 0 heterocycles. The van der Waals surface area contributed by atoms with Crippen molar-refractivity contribution in [3.8, 4) is 0 Å². The summed E-state index contributed by atoms with van der Waals surface area (Å²) < 4.78 is 0. The zero-order valence-electron chi connectivity index (χ0n) is 9.24. The number of carbonyl (C=O) groups excluding carboxylic acids is 1. The van der Waals surface area contributed by atoms with Crippen molar-refractivity contribution < 1.29 is 9.90 Å². The van der Waals surface area contributed by atoms with Crippen LogP contribution in [-0.4, -0.2) is 30.2 Å². The molecule has 1 rings (SSSR count). The largest absolute Gasteiger partial charge is 0.382 e. The van der Waals surface area contributed by atoms with E-state index in [0.717, 1.165) is 18.9 Å². The van der Waals surface area contributed by atoms with Crippen molar-refractivity contribution in [2.75, 3.05) is 13.1 Å². The van der Waals surface area contributed by atoms with Crippen molar-refractivity contribution in [1.29, 1.82) is 0 Å². The van der Waals surface area contributed by atoms with Crippen LogP contribution in [0.25, 0.3) is 0 Å². The highest BCUT2D eigenvalue weighted by Gasteiger charge is 2.13. The van der Waals surface area contributed by atoms with Gasteiger partial charge in [0, 0.05) is 6.54 Å². The molecule has 4 N–H and O–H groups in total. The minimum absolute atomic E-state index is 0.280. The number of rotatable bonds is 6. The molecule has 0 radical (unpaired) electrons. The van der Waals surface area contributed by atoms with E-state index in [1.807, 2.05) is 0 Å². The van der Waals surface area contributed by atoms with Gasteiger partial charge in [-0.05, 0) is 18.9 Å². The van der Waals surface area contributed by atoms with Crippen molar-refractivity contribution in [1.82, 2.24) is 5.32 Å². The molecule has 1 saturated carbocycles. The van der Waals surface area contributed by atoms with Gasteiger partial charge in [-0.3, -0.25) is 4.79 Å². The van der Waals surface area contributed by atoms with Gasteiger partial charge < -0.3 is 16.2 Å². The number of amides is 1. The topological polar surface area (TPSA) is 75.4 Å². The Morgan fingerprint density at radius 1 is 1.40 bits per heavy atom. The normalized spacial score (nSPS) is 20.1. The van der Waals surface area contributed by atoms with Gasteiger partial charge in [-0.1, -0.05) is 32.1 Å². The second-order valence-electron chi connectivity index (χ2n) is 4.42. The summed E-state index contributed by atoms with van der Waals surface area (Å²) in [6.07, 6.45) is 6.86. The second-order valence-corrected chi connectivity index (χ2v) is 4.42. The third kappa shape index (κ3) is 5.14. The Morgan fingerprint density at radius 3 is 2.67 bits per heavy atom. The summed E-state index contributed by atoms with van der Waals surface area (Å²) in [5.41, 5.74) is 4.93. The van der Waals surface area contributed by atoms with E-state index in [2.05, 4.69) is 5.32 Å². The summed E-state index contributed by atoms with van der Waals surface area (Å²) in [5, 5.41) is 12.2. The SMILES string of the molecule is NC(=O)C(O)CNCCC1CCCCC1. The summed E-state index contributed by atoms with van der Waals surface area (Å²) >= 11 is 0. The number of hydrogen-bond acceptors (Lipinski definition) is 3. The average Bonchev–Trinajstić information content (AvgIpc) is 2.25. The molecule has 1 aliphatic rings. The second kappa shape index (κ2) is 6.80. The van der Waals surface area contributed by atoms with Crippen molar-refractivity contribution in [3.05, 3.63) is 0 Å². The fraction of sp³-hybridized carbons (Fsp3) is 0.909. The van der Waals surface area contributed by atoms with E-state index in [1.54, 1.807) is 0 Å². The molecule has 0 saturated heterocycles. The summed E-state index contributed by atoms with van der Waals surface area (Å²) in [6, 6.07) is 0. The van der Waals surface area contributed by atoms with Crippen LogP contribution in [0.3, 0.4) is 0 Å². The van der Waals surface area contributed by atoms with Crippen LogP contribution in [0.4, 0.5) is 0 Å². The Hall–Kier alpha value is -0.610. The lowest BCUT2D eigenvalue weighted by molar-refractivity contribution is -0.125. The van der Waals surface area contributed by atoms with Crippen LogP contribution in [-0.2, 0) is 4.79 Å². The van der Waals surface area contributed by atoms with E-state index in [4.69, 9.17) is 10.8 Å². The van der Waals surface area contributed by atoms with Gasteiger partial charge in [0.25, 0.3) is 0 Å². The van der Waals surface area contributed by atoms with E-state index in [0.29, 0.717) is 0 Å². The molecule has 88 valence electrons. The van der Waals surface area contributed by atoms with Crippen molar-refractivity contribution >= 4 is 5.91 Å². The number of aliphatic hydroxyl groups excluding tert-OH is 1. The quantitative estimate of drug-likeness (QED) is 0.560. The lowest BCUT2D eigenvalue weighted by Crippen LogP contribution is -2.38. The number of nitrogens with one attached hydrogen (secondary N) is 1. The van der Waals surface area contributed by atoms with Gasteiger partial charge >= 0.3 is 0 Å². The molecule has 0 aromatic heterocycles. The van der Waals surface area contributed by atoms with Crippen molar-refractivity contribution in [2.45, 2.75) is 44.6 Å². The minimum atomic E-state index is -1.05. The molecule has 1 fully saturated rings. The zero-order valence-corrected chi connectivity index (χ0v) is 9.24. The highest BCUT2D eigenvalue weighted by Crippen LogP contribution is 2.25. The Morgan fingerprint density at radius 2 is 2.07 bits per heavy atom. The van der Waals surface area contributed by atoms with Crippen LogP contribution in [0.15, 0.2) is 0 Å². The van der Waals surface area contributed by atoms with Crippen LogP contribution >= 0.6 is 0 Å². The molecule has 1 aliphatic carbocycles. The summed E-state index contributed by atoms with van der Waals surface area (Å²) in [7, 11) is 0. The predicted molar refractivity (Wildman–Crippen MR) is 59.3 cm³/mol. The maximum atomic E-state index is 10.5. The number of hydrogen-bond donors (Lipinski definition) is 3. The Kier molecular flexibility index (Phi) is 5.65. The maximum absolute atomic E-state index is 10.5. The van der Waals surface area contributed by atoms with Gasteiger partial charge in [0.15, 0.2) is 0 Å². The first-order valence-corrected chi connectivity index (χ1v) is 5.88. The molecular formula is C11H22N2O2. The third-order valence-electron chi connectivity index (χ3n) is 3.12. The lowest BCUT2D eigenvalue weighted by Gasteiger charge is -2.21. The van der Waals surface area contributed by atoms with Crippen LogP contribution in [0.1, 0.15) is 38.5 Å². The van der Waals surface area contributed by atoms with Gasteiger partial charge in [0.05, 0.1) is 0 Å². The molecule has 0 aromatic carbocycles. The molecular weight excluding hydrogens is 192 g/mol. The summed E-state index contributed by atoms with van der Waals surface area (Å²) in [6.45, 7) is 1.15. The molecule has 1 unspecified atom stereocenters. The van der Waals surface area contributed by atoms with Crippen LogP contribution < -0.4 is 11.1 Å². The smallest absolute Gasteiger partial charge is 0.247 e. The number of aliphatic hydroxyl groups is 1. The average molecular weight is 214 g/mol. The molecule has 1 amide bonds. The van der Waals surface area contributed by atoms with Crippen molar-refractivity contribution in [2.24, 2.45) is 11.7 Å². The molecule has 15 heavy (non-hydrogen) atoms. The Labute approximate surface area is 91.2 Å². The first-order valence-electron chi connectivity index (χ1n) is 5.88. The maximum Gasteiger partial charge on any atom is 0.247 e. The van der Waals surface area contributed by atoms with E-state index in [-0.39, 0.29) is 6.54 Å². The highest BCUT2D eigenvalue weighted by atomic mass is 16.3. The van der Waals surface area contributed by atoms with E-state index in [9.17, 15) is 4.79 Å². The van der Waals surface area contributed by atoms with E-state index >= 15 is 0 Å². The fourth-order valence-electron chi connectivity index (χ4n) is 2.12. The summed E-state index contributed by atoms with van der Waals surface area (Å²) in [4.78, 5) is 10.5. The molecule has 4 heteroatoms. The standard InChI is InChI=1S/C11H22N2O2/c12-11(15)10(14)8-13-7-6-9-4-2-1-3-5-9/h9-10,13-14H,1-8H2,(H2,12,15). The fourth-order valence-corrected chi connectivity index (χ4v) is 2.12. The monoisotopic (exact) mass is 214 g/mol. The number of primary amides is 1. The van der Waals surface area contributed by atoms with Crippen LogP contribution in [0.2, 0.25) is 0 Å². The number of carbonyl (C=O) groups is 1. The van der Waals surface area contributed by atoms with Crippen LogP contribution in [0.5, 0.6) is 0 Å². The Balaban J connectivity index is 1.98. The van der Waals surface area contributed by atoms with Gasteiger partial charge in [-0.15, -0.1) is 0 Å². The number of nitrogens with two attached hydrogens (primary N) is 1. The molecule has 0 bridgehead atoms. The van der Waals surface area contributed by atoms with Gasteiger partial charge in [0.2, 0.25) is 5.91 Å². The molecule has 0 aliphatic heterocycles. The molecule has 0 spiro atoms. The minimum Gasteiger partial charge on any atom is -0.382 e. The summed E-state index contributed by atoms with van der Waals surface area (Å²) in [5.74, 6) is 0.178. The molecule has 0 aromatic rings. The van der Waals surface area contributed by atoms with Gasteiger partial charge in [0.1, 0.15) is 6.10 Å². The lowest BCUT2D eigenvalue weighted by atomic mass is 9.87. The van der Waals surface area contributed by atoms with Gasteiger partial charge in [-0.25, -0.2) is 0 Å². The highest BCUT2D eigenvalue weighted by molar-refractivity contribution is 5.78.